The van der Waals surface area contributed by atoms with Gasteiger partial charge < -0.3 is 5.73 Å². The Morgan fingerprint density at radius 3 is 2.80 bits per heavy atom. The highest BCUT2D eigenvalue weighted by Crippen LogP contribution is 2.38. The number of nitrogen functional groups attached to an aromatic ring is 1. The molecule has 2 N–H and O–H groups in total. The van der Waals surface area contributed by atoms with Crippen LogP contribution in [0.15, 0.2) is 36.4 Å². The molecule has 0 amide bonds. The third kappa shape index (κ3) is 1.16. The molecule has 74 valence electrons. The lowest BCUT2D eigenvalue weighted by molar-refractivity contribution is 1.22. The lowest BCUT2D eigenvalue weighted by Gasteiger charge is -2.02. The average molecular weight is 195 g/mol. The predicted octanol–water partition coefficient (Wildman–Crippen LogP) is 3.15. The minimum Gasteiger partial charge on any atom is -0.399 e. The van der Waals surface area contributed by atoms with Crippen molar-refractivity contribution in [1.82, 2.24) is 0 Å². The standard InChI is InChI=1S/C14H13N/c1-9-3-2-4-13-12-6-5-11(15)7-10(12)8-14(9)13/h2-7H,8,15H2,1H3. The van der Waals surface area contributed by atoms with Crippen molar-refractivity contribution in [3.8, 4) is 11.1 Å². The van der Waals surface area contributed by atoms with Gasteiger partial charge in [-0.15, -0.1) is 0 Å². The van der Waals surface area contributed by atoms with E-state index in [1.165, 1.54) is 27.8 Å². The molecule has 2 aromatic rings. The Morgan fingerprint density at radius 1 is 1.07 bits per heavy atom. The number of anilines is 1. The van der Waals surface area contributed by atoms with Crippen LogP contribution < -0.4 is 5.73 Å². The number of nitrogens with two attached hydrogens (primary N) is 1. The zero-order valence-corrected chi connectivity index (χ0v) is 8.75. The molecule has 0 saturated carbocycles. The smallest absolute Gasteiger partial charge is 0.0317 e. The Hall–Kier alpha value is -1.76. The molecule has 3 rings (SSSR count). The molecule has 1 aliphatic rings. The minimum absolute atomic E-state index is 0.860. The summed E-state index contributed by atoms with van der Waals surface area (Å²) in [6, 6.07) is 12.7. The van der Waals surface area contributed by atoms with Gasteiger partial charge in [-0.25, -0.2) is 0 Å². The molecule has 15 heavy (non-hydrogen) atoms. The summed E-state index contributed by atoms with van der Waals surface area (Å²) >= 11 is 0. The van der Waals surface area contributed by atoms with Gasteiger partial charge in [-0.1, -0.05) is 24.3 Å². The molecule has 2 aromatic carbocycles. The van der Waals surface area contributed by atoms with Gasteiger partial charge in [0.05, 0.1) is 0 Å². The van der Waals surface area contributed by atoms with Gasteiger partial charge in [-0.2, -0.15) is 0 Å². The van der Waals surface area contributed by atoms with E-state index < -0.39 is 0 Å². The van der Waals surface area contributed by atoms with Crippen molar-refractivity contribution in [2.75, 3.05) is 5.73 Å². The quantitative estimate of drug-likeness (QED) is 0.548. The molecule has 0 fully saturated rings. The van der Waals surface area contributed by atoms with Gasteiger partial charge in [0.2, 0.25) is 0 Å². The number of rotatable bonds is 0. The number of fused-ring (bicyclic) bond motifs is 3. The van der Waals surface area contributed by atoms with E-state index in [0.717, 1.165) is 12.1 Å². The Bertz CT molecular complexity index is 541. The van der Waals surface area contributed by atoms with Crippen molar-refractivity contribution in [2.24, 2.45) is 0 Å². The molecule has 0 unspecified atom stereocenters. The maximum atomic E-state index is 5.80. The highest BCUT2D eigenvalue weighted by Gasteiger charge is 2.19. The van der Waals surface area contributed by atoms with Crippen LogP contribution >= 0.6 is 0 Å². The highest BCUT2D eigenvalue weighted by atomic mass is 14.5. The SMILES string of the molecule is Cc1cccc2c1Cc1cc(N)ccc1-2. The van der Waals surface area contributed by atoms with E-state index in [9.17, 15) is 0 Å². The summed E-state index contributed by atoms with van der Waals surface area (Å²) in [7, 11) is 0. The summed E-state index contributed by atoms with van der Waals surface area (Å²) in [6.45, 7) is 2.17. The van der Waals surface area contributed by atoms with Crippen molar-refractivity contribution < 1.29 is 0 Å². The van der Waals surface area contributed by atoms with Crippen LogP contribution in [-0.2, 0) is 6.42 Å². The van der Waals surface area contributed by atoms with Crippen LogP contribution in [-0.4, -0.2) is 0 Å². The van der Waals surface area contributed by atoms with Crippen molar-refractivity contribution in [3.05, 3.63) is 53.1 Å². The van der Waals surface area contributed by atoms with Crippen LogP contribution in [0.3, 0.4) is 0 Å². The average Bonchev–Trinajstić information content (AvgIpc) is 2.57. The fraction of sp³-hybridized carbons (Fsp3) is 0.143. The van der Waals surface area contributed by atoms with Crippen molar-refractivity contribution >= 4 is 5.69 Å². The Morgan fingerprint density at radius 2 is 1.93 bits per heavy atom. The third-order valence-electron chi connectivity index (χ3n) is 3.20. The van der Waals surface area contributed by atoms with Crippen molar-refractivity contribution in [2.45, 2.75) is 13.3 Å². The minimum atomic E-state index is 0.860. The molecule has 1 nitrogen and oxygen atoms in total. The lowest BCUT2D eigenvalue weighted by atomic mass is 10.0. The summed E-state index contributed by atoms with van der Waals surface area (Å²) in [5.41, 5.74) is 13.6. The molecule has 1 aliphatic carbocycles. The first-order valence-corrected chi connectivity index (χ1v) is 5.23. The third-order valence-corrected chi connectivity index (χ3v) is 3.20. The number of benzene rings is 2. The molecule has 0 saturated heterocycles. The molecule has 0 atom stereocenters. The second-order valence-corrected chi connectivity index (χ2v) is 4.19. The molecule has 0 aliphatic heterocycles. The molecule has 0 aromatic heterocycles. The molecular weight excluding hydrogens is 182 g/mol. The van der Waals surface area contributed by atoms with Crippen LogP contribution in [0.1, 0.15) is 16.7 Å². The predicted molar refractivity (Wildman–Crippen MR) is 63.8 cm³/mol. The van der Waals surface area contributed by atoms with Crippen LogP contribution in [0, 0.1) is 6.92 Å². The van der Waals surface area contributed by atoms with Crippen molar-refractivity contribution in [1.29, 1.82) is 0 Å². The number of hydrogen-bond donors (Lipinski definition) is 1. The van der Waals surface area contributed by atoms with E-state index in [4.69, 9.17) is 5.73 Å². The van der Waals surface area contributed by atoms with Gasteiger partial charge in [0, 0.05) is 5.69 Å². The molecular formula is C14H13N. The summed E-state index contributed by atoms with van der Waals surface area (Å²) < 4.78 is 0. The van der Waals surface area contributed by atoms with Crippen molar-refractivity contribution in [3.63, 3.8) is 0 Å². The van der Waals surface area contributed by atoms with Crippen LogP contribution in [0.5, 0.6) is 0 Å². The largest absolute Gasteiger partial charge is 0.399 e. The fourth-order valence-corrected chi connectivity index (χ4v) is 2.40. The van der Waals surface area contributed by atoms with Crippen LogP contribution in [0.25, 0.3) is 11.1 Å². The van der Waals surface area contributed by atoms with Crippen LogP contribution in [0.4, 0.5) is 5.69 Å². The van der Waals surface area contributed by atoms with E-state index in [-0.39, 0.29) is 0 Å². The van der Waals surface area contributed by atoms with E-state index in [1.54, 1.807) is 0 Å². The molecule has 0 bridgehead atoms. The van der Waals surface area contributed by atoms with Gasteiger partial charge in [-0.05, 0) is 53.3 Å². The van der Waals surface area contributed by atoms with Gasteiger partial charge in [-0.3, -0.25) is 0 Å². The molecule has 1 heteroatoms. The summed E-state index contributed by atoms with van der Waals surface area (Å²) in [6.07, 6.45) is 1.03. The van der Waals surface area contributed by atoms with E-state index in [2.05, 4.69) is 37.3 Å². The monoisotopic (exact) mass is 195 g/mol. The summed E-state index contributed by atoms with van der Waals surface area (Å²) in [4.78, 5) is 0. The maximum Gasteiger partial charge on any atom is 0.0317 e. The summed E-state index contributed by atoms with van der Waals surface area (Å²) in [5, 5.41) is 0. The lowest BCUT2D eigenvalue weighted by Crippen LogP contribution is -1.87. The van der Waals surface area contributed by atoms with E-state index in [1.807, 2.05) is 6.07 Å². The molecule has 0 spiro atoms. The maximum absolute atomic E-state index is 5.80. The Balaban J connectivity index is 2.28. The first-order valence-electron chi connectivity index (χ1n) is 5.23. The zero-order valence-electron chi connectivity index (χ0n) is 8.75. The van der Waals surface area contributed by atoms with Gasteiger partial charge >= 0.3 is 0 Å². The number of aryl methyl sites for hydroxylation is 1. The van der Waals surface area contributed by atoms with Gasteiger partial charge in [0.15, 0.2) is 0 Å². The Labute approximate surface area is 89.6 Å². The summed E-state index contributed by atoms with van der Waals surface area (Å²) in [5.74, 6) is 0. The van der Waals surface area contributed by atoms with Crippen LogP contribution in [0.2, 0.25) is 0 Å². The van der Waals surface area contributed by atoms with Gasteiger partial charge in [0.1, 0.15) is 0 Å². The van der Waals surface area contributed by atoms with Gasteiger partial charge in [0.25, 0.3) is 0 Å². The normalized spacial score (nSPS) is 12.3. The zero-order chi connectivity index (χ0) is 10.4. The first kappa shape index (κ1) is 8.54. The second kappa shape index (κ2) is 2.86. The highest BCUT2D eigenvalue weighted by molar-refractivity contribution is 5.79. The second-order valence-electron chi connectivity index (χ2n) is 4.19. The van der Waals surface area contributed by atoms with E-state index in [0.29, 0.717) is 0 Å². The van der Waals surface area contributed by atoms with E-state index >= 15 is 0 Å². The number of hydrogen-bond acceptors (Lipinski definition) is 1. The topological polar surface area (TPSA) is 26.0 Å². The fourth-order valence-electron chi connectivity index (χ4n) is 2.40. The molecule has 0 heterocycles. The first-order chi connectivity index (χ1) is 7.25. The Kier molecular flexibility index (Phi) is 1.63. The molecule has 0 radical (unpaired) electrons.